The smallest absolute Gasteiger partial charge is 0.222 e. The van der Waals surface area contributed by atoms with Crippen molar-refractivity contribution < 1.29 is 14.6 Å². The number of amides is 1. The monoisotopic (exact) mass is 176 g/mol. The number of nitrogens with one attached hydrogen (secondary N) is 1. The lowest BCUT2D eigenvalue weighted by atomic mass is 10.2. The number of aliphatic hydroxyl groups excluding tert-OH is 1. The van der Waals surface area contributed by atoms with Crippen LogP contribution in [0.4, 0.5) is 0 Å². The molecule has 0 aromatic rings. The number of hydrogen-bond acceptors (Lipinski definition) is 4. The molecule has 12 heavy (non-hydrogen) atoms. The number of ether oxygens (including phenoxy) is 1. The van der Waals surface area contributed by atoms with Crippen molar-refractivity contribution in [2.24, 2.45) is 5.73 Å². The van der Waals surface area contributed by atoms with Crippen molar-refractivity contribution in [2.45, 2.75) is 12.5 Å². The van der Waals surface area contributed by atoms with Gasteiger partial charge in [-0.3, -0.25) is 4.79 Å². The van der Waals surface area contributed by atoms with Crippen LogP contribution in [0.3, 0.4) is 0 Å². The molecule has 72 valence electrons. The Balaban J connectivity index is 3.52. The highest BCUT2D eigenvalue weighted by molar-refractivity contribution is 5.76. The molecule has 0 aliphatic carbocycles. The van der Waals surface area contributed by atoms with Crippen LogP contribution in [0.1, 0.15) is 6.42 Å². The Morgan fingerprint density at radius 3 is 2.83 bits per heavy atom. The van der Waals surface area contributed by atoms with Gasteiger partial charge >= 0.3 is 0 Å². The van der Waals surface area contributed by atoms with E-state index in [0.717, 1.165) is 0 Å². The van der Waals surface area contributed by atoms with Gasteiger partial charge in [0.15, 0.2) is 0 Å². The average Bonchev–Trinajstić information content (AvgIpc) is 2.10. The van der Waals surface area contributed by atoms with E-state index in [0.29, 0.717) is 6.54 Å². The van der Waals surface area contributed by atoms with E-state index in [2.05, 4.69) is 5.32 Å². The van der Waals surface area contributed by atoms with Gasteiger partial charge in [-0.2, -0.15) is 0 Å². The lowest BCUT2D eigenvalue weighted by Crippen LogP contribution is -2.33. The first kappa shape index (κ1) is 11.4. The standard InChI is InChI=1S/C7H16N2O3/c1-12-6(5-8)4-7(11)9-2-3-10/h6,10H,2-5,8H2,1H3,(H,9,11). The molecule has 5 nitrogen and oxygen atoms in total. The molecule has 0 aromatic carbocycles. The predicted molar refractivity (Wildman–Crippen MR) is 44.6 cm³/mol. The number of carbonyl (C=O) groups excluding carboxylic acids is 1. The zero-order valence-corrected chi connectivity index (χ0v) is 7.25. The second-order valence-electron chi connectivity index (χ2n) is 2.37. The van der Waals surface area contributed by atoms with Crippen molar-refractivity contribution >= 4 is 5.91 Å². The minimum atomic E-state index is -0.233. The van der Waals surface area contributed by atoms with Crippen molar-refractivity contribution in [1.82, 2.24) is 5.32 Å². The van der Waals surface area contributed by atoms with E-state index in [4.69, 9.17) is 15.6 Å². The molecule has 0 aromatic heterocycles. The number of nitrogens with two attached hydrogens (primary N) is 1. The Kier molecular flexibility index (Phi) is 6.64. The molecule has 0 heterocycles. The summed E-state index contributed by atoms with van der Waals surface area (Å²) in [7, 11) is 1.51. The maximum absolute atomic E-state index is 11.0. The molecule has 0 spiro atoms. The van der Waals surface area contributed by atoms with E-state index < -0.39 is 0 Å². The van der Waals surface area contributed by atoms with Gasteiger partial charge in [-0.05, 0) is 0 Å². The maximum Gasteiger partial charge on any atom is 0.222 e. The first-order valence-corrected chi connectivity index (χ1v) is 3.85. The fourth-order valence-corrected chi connectivity index (χ4v) is 0.737. The maximum atomic E-state index is 11.0. The van der Waals surface area contributed by atoms with Crippen LogP contribution < -0.4 is 11.1 Å². The largest absolute Gasteiger partial charge is 0.395 e. The molecule has 0 aliphatic rings. The van der Waals surface area contributed by atoms with E-state index in [1.54, 1.807) is 0 Å². The minimum absolute atomic E-state index is 0.0496. The number of carbonyl (C=O) groups is 1. The quantitative estimate of drug-likeness (QED) is 0.458. The van der Waals surface area contributed by atoms with Gasteiger partial charge in [-0.15, -0.1) is 0 Å². The summed E-state index contributed by atoms with van der Waals surface area (Å²) in [4.78, 5) is 11.0. The molecule has 0 saturated carbocycles. The summed E-state index contributed by atoms with van der Waals surface area (Å²) in [5, 5.41) is 10.9. The van der Waals surface area contributed by atoms with Crippen LogP contribution in [-0.2, 0) is 9.53 Å². The molecular formula is C7H16N2O3. The van der Waals surface area contributed by atoms with E-state index in [1.807, 2.05) is 0 Å². The van der Waals surface area contributed by atoms with E-state index >= 15 is 0 Å². The molecule has 0 rings (SSSR count). The number of rotatable bonds is 6. The van der Waals surface area contributed by atoms with Gasteiger partial charge in [0.05, 0.1) is 19.1 Å². The van der Waals surface area contributed by atoms with Gasteiger partial charge in [0.2, 0.25) is 5.91 Å². The Morgan fingerprint density at radius 2 is 2.42 bits per heavy atom. The Hall–Kier alpha value is -0.650. The van der Waals surface area contributed by atoms with Gasteiger partial charge in [-0.1, -0.05) is 0 Å². The zero-order valence-electron chi connectivity index (χ0n) is 7.25. The third-order valence-electron chi connectivity index (χ3n) is 1.44. The van der Waals surface area contributed by atoms with Crippen LogP contribution in [0.5, 0.6) is 0 Å². The number of aliphatic hydroxyl groups is 1. The summed E-state index contributed by atoms with van der Waals surface area (Å²) in [6, 6.07) is 0. The average molecular weight is 176 g/mol. The molecule has 0 radical (unpaired) electrons. The summed E-state index contributed by atoms with van der Waals surface area (Å²) in [6.07, 6.45) is 0.0104. The zero-order chi connectivity index (χ0) is 9.40. The summed E-state index contributed by atoms with van der Waals surface area (Å²) < 4.78 is 4.90. The summed E-state index contributed by atoms with van der Waals surface area (Å²) in [5.41, 5.74) is 5.31. The minimum Gasteiger partial charge on any atom is -0.395 e. The molecule has 0 bridgehead atoms. The van der Waals surface area contributed by atoms with Crippen LogP contribution in [0.15, 0.2) is 0 Å². The summed E-state index contributed by atoms with van der Waals surface area (Å²) >= 11 is 0. The van der Waals surface area contributed by atoms with Gasteiger partial charge in [-0.25, -0.2) is 0 Å². The highest BCUT2D eigenvalue weighted by Crippen LogP contribution is 1.93. The lowest BCUT2D eigenvalue weighted by Gasteiger charge is -2.11. The molecule has 0 fully saturated rings. The van der Waals surface area contributed by atoms with Crippen LogP contribution in [-0.4, -0.2) is 43.9 Å². The van der Waals surface area contributed by atoms with E-state index in [9.17, 15) is 4.79 Å². The van der Waals surface area contributed by atoms with E-state index in [1.165, 1.54) is 7.11 Å². The SMILES string of the molecule is COC(CN)CC(=O)NCCO. The van der Waals surface area contributed by atoms with Crippen LogP contribution in [0.25, 0.3) is 0 Å². The van der Waals surface area contributed by atoms with Crippen LogP contribution in [0.2, 0.25) is 0 Å². The fourth-order valence-electron chi connectivity index (χ4n) is 0.737. The first-order valence-electron chi connectivity index (χ1n) is 3.85. The molecule has 1 amide bonds. The van der Waals surface area contributed by atoms with Crippen LogP contribution >= 0.6 is 0 Å². The van der Waals surface area contributed by atoms with Gasteiger partial charge < -0.3 is 20.9 Å². The molecule has 4 N–H and O–H groups in total. The Labute approximate surface area is 71.9 Å². The second-order valence-corrected chi connectivity index (χ2v) is 2.37. The second kappa shape index (κ2) is 7.02. The summed E-state index contributed by atoms with van der Waals surface area (Å²) in [5.74, 6) is -0.152. The van der Waals surface area contributed by atoms with Crippen LogP contribution in [0, 0.1) is 0 Å². The highest BCUT2D eigenvalue weighted by atomic mass is 16.5. The molecule has 0 aliphatic heterocycles. The molecule has 1 atom stereocenters. The Morgan fingerprint density at radius 1 is 1.75 bits per heavy atom. The molecule has 0 saturated heterocycles. The highest BCUT2D eigenvalue weighted by Gasteiger charge is 2.09. The topological polar surface area (TPSA) is 84.6 Å². The van der Waals surface area contributed by atoms with Crippen molar-refractivity contribution in [2.75, 3.05) is 26.8 Å². The van der Waals surface area contributed by atoms with Crippen molar-refractivity contribution in [3.8, 4) is 0 Å². The van der Waals surface area contributed by atoms with Crippen molar-refractivity contribution in [3.63, 3.8) is 0 Å². The third-order valence-corrected chi connectivity index (χ3v) is 1.44. The summed E-state index contributed by atoms with van der Waals surface area (Å²) in [6.45, 7) is 0.550. The molecular weight excluding hydrogens is 160 g/mol. The fraction of sp³-hybridized carbons (Fsp3) is 0.857. The van der Waals surface area contributed by atoms with Crippen molar-refractivity contribution in [3.05, 3.63) is 0 Å². The van der Waals surface area contributed by atoms with Gasteiger partial charge in [0, 0.05) is 20.2 Å². The lowest BCUT2D eigenvalue weighted by molar-refractivity contribution is -0.123. The molecule has 1 unspecified atom stereocenters. The third kappa shape index (κ3) is 5.06. The predicted octanol–water partition coefficient (Wildman–Crippen LogP) is -1.54. The molecule has 5 heteroatoms. The number of hydrogen-bond donors (Lipinski definition) is 3. The normalized spacial score (nSPS) is 12.6. The Bertz CT molecular complexity index is 126. The van der Waals surface area contributed by atoms with E-state index in [-0.39, 0.29) is 31.6 Å². The van der Waals surface area contributed by atoms with Gasteiger partial charge in [0.25, 0.3) is 0 Å². The van der Waals surface area contributed by atoms with Gasteiger partial charge in [0.1, 0.15) is 0 Å². The first-order chi connectivity index (χ1) is 5.74. The van der Waals surface area contributed by atoms with Crippen molar-refractivity contribution in [1.29, 1.82) is 0 Å². The number of methoxy groups -OCH3 is 1.